The van der Waals surface area contributed by atoms with Crippen molar-refractivity contribution in [1.82, 2.24) is 10.2 Å². The molecule has 2 aliphatic heterocycles. The number of nitrogens with one attached hydrogen (secondary N) is 1. The summed E-state index contributed by atoms with van der Waals surface area (Å²) in [6, 6.07) is 1.70. The molecule has 0 aromatic rings. The number of rotatable bonds is 2. The molecule has 0 aromatic carbocycles. The topological polar surface area (TPSA) is 15.3 Å². The summed E-state index contributed by atoms with van der Waals surface area (Å²) < 4.78 is 0. The maximum atomic E-state index is 3.88. The van der Waals surface area contributed by atoms with Crippen LogP contribution in [0, 0.1) is 5.92 Å². The number of nitrogens with zero attached hydrogens (tertiary/aromatic N) is 1. The molecular weight excluding hydrogens is 184 g/mol. The SMILES string of the molecule is C1CC[C@@H]2N[C@H](CN3CCCC3)C[C@@H]2C1. The summed E-state index contributed by atoms with van der Waals surface area (Å²) in [7, 11) is 0. The van der Waals surface area contributed by atoms with Crippen LogP contribution in [-0.4, -0.2) is 36.6 Å². The predicted octanol–water partition coefficient (Wildman–Crippen LogP) is 2.00. The maximum absolute atomic E-state index is 3.88. The second kappa shape index (κ2) is 4.42. The van der Waals surface area contributed by atoms with Crippen molar-refractivity contribution in [3.05, 3.63) is 0 Å². The minimum atomic E-state index is 0.816. The van der Waals surface area contributed by atoms with Gasteiger partial charge in [-0.1, -0.05) is 12.8 Å². The zero-order valence-corrected chi connectivity index (χ0v) is 9.75. The van der Waals surface area contributed by atoms with Crippen LogP contribution in [0.1, 0.15) is 44.9 Å². The first kappa shape index (κ1) is 10.1. The number of hydrogen-bond donors (Lipinski definition) is 1. The molecule has 2 nitrogen and oxygen atoms in total. The molecule has 1 aliphatic carbocycles. The van der Waals surface area contributed by atoms with E-state index in [2.05, 4.69) is 10.2 Å². The average Bonchev–Trinajstić information content (AvgIpc) is 2.86. The molecular formula is C13H24N2. The summed E-state index contributed by atoms with van der Waals surface area (Å²) in [5, 5.41) is 3.88. The van der Waals surface area contributed by atoms with Crippen molar-refractivity contribution in [3.63, 3.8) is 0 Å². The molecule has 2 heteroatoms. The van der Waals surface area contributed by atoms with Crippen LogP contribution in [0.15, 0.2) is 0 Å². The van der Waals surface area contributed by atoms with Crippen molar-refractivity contribution in [3.8, 4) is 0 Å². The summed E-state index contributed by atoms with van der Waals surface area (Å²) in [5.74, 6) is 1.02. The lowest BCUT2D eigenvalue weighted by atomic mass is 9.85. The van der Waals surface area contributed by atoms with Gasteiger partial charge in [0.25, 0.3) is 0 Å². The molecule has 0 spiro atoms. The van der Waals surface area contributed by atoms with Crippen molar-refractivity contribution < 1.29 is 0 Å². The second-order valence-corrected chi connectivity index (χ2v) is 5.76. The Labute approximate surface area is 93.4 Å². The standard InChI is InChI=1S/C13H24N2/c1-2-6-13-11(5-1)9-12(14-13)10-15-7-3-4-8-15/h11-14H,1-10H2/t11-,12-,13-/m0/s1. The molecule has 2 saturated heterocycles. The molecule has 1 saturated carbocycles. The zero-order chi connectivity index (χ0) is 10.1. The summed E-state index contributed by atoms with van der Waals surface area (Å²) in [5.41, 5.74) is 0. The smallest absolute Gasteiger partial charge is 0.0200 e. The monoisotopic (exact) mass is 208 g/mol. The fourth-order valence-corrected chi connectivity index (χ4v) is 3.85. The van der Waals surface area contributed by atoms with E-state index in [0.717, 1.165) is 18.0 Å². The molecule has 15 heavy (non-hydrogen) atoms. The summed E-state index contributed by atoms with van der Waals surface area (Å²) in [6.45, 7) is 4.04. The summed E-state index contributed by atoms with van der Waals surface area (Å²) in [4.78, 5) is 2.66. The van der Waals surface area contributed by atoms with Crippen LogP contribution in [0.3, 0.4) is 0 Å². The van der Waals surface area contributed by atoms with Crippen LogP contribution >= 0.6 is 0 Å². The molecule has 86 valence electrons. The fourth-order valence-electron chi connectivity index (χ4n) is 3.85. The third-order valence-corrected chi connectivity index (χ3v) is 4.62. The maximum Gasteiger partial charge on any atom is 0.0200 e. The first-order valence-electron chi connectivity index (χ1n) is 6.90. The fraction of sp³-hybridized carbons (Fsp3) is 1.00. The minimum absolute atomic E-state index is 0.816. The lowest BCUT2D eigenvalue weighted by Crippen LogP contribution is -2.39. The molecule has 3 aliphatic rings. The number of hydrogen-bond acceptors (Lipinski definition) is 2. The van der Waals surface area contributed by atoms with E-state index in [0.29, 0.717) is 0 Å². The Hall–Kier alpha value is -0.0800. The van der Waals surface area contributed by atoms with E-state index < -0.39 is 0 Å². The van der Waals surface area contributed by atoms with Gasteiger partial charge in [-0.2, -0.15) is 0 Å². The Morgan fingerprint density at radius 2 is 1.80 bits per heavy atom. The van der Waals surface area contributed by atoms with Gasteiger partial charge in [0, 0.05) is 18.6 Å². The Morgan fingerprint density at radius 3 is 2.60 bits per heavy atom. The Bertz CT molecular complexity index is 197. The average molecular weight is 208 g/mol. The normalized spacial score (nSPS) is 42.0. The van der Waals surface area contributed by atoms with Gasteiger partial charge in [-0.15, -0.1) is 0 Å². The lowest BCUT2D eigenvalue weighted by Gasteiger charge is -2.24. The Morgan fingerprint density at radius 1 is 1.00 bits per heavy atom. The quantitative estimate of drug-likeness (QED) is 0.747. The van der Waals surface area contributed by atoms with Gasteiger partial charge in [0.15, 0.2) is 0 Å². The molecule has 3 rings (SSSR count). The molecule has 3 atom stereocenters. The Balaban J connectivity index is 1.51. The van der Waals surface area contributed by atoms with Gasteiger partial charge >= 0.3 is 0 Å². The van der Waals surface area contributed by atoms with Crippen molar-refractivity contribution in [2.75, 3.05) is 19.6 Å². The second-order valence-electron chi connectivity index (χ2n) is 5.76. The molecule has 0 bridgehead atoms. The van der Waals surface area contributed by atoms with E-state index in [1.807, 2.05) is 0 Å². The van der Waals surface area contributed by atoms with Gasteiger partial charge in [0.1, 0.15) is 0 Å². The third kappa shape index (κ3) is 2.21. The molecule has 0 radical (unpaired) electrons. The molecule has 0 aromatic heterocycles. The molecule has 0 unspecified atom stereocenters. The summed E-state index contributed by atoms with van der Waals surface area (Å²) in [6.07, 6.45) is 10.2. The first-order chi connectivity index (χ1) is 7.42. The first-order valence-corrected chi connectivity index (χ1v) is 6.90. The van der Waals surface area contributed by atoms with Crippen molar-refractivity contribution in [2.24, 2.45) is 5.92 Å². The van der Waals surface area contributed by atoms with Crippen molar-refractivity contribution in [1.29, 1.82) is 0 Å². The third-order valence-electron chi connectivity index (χ3n) is 4.62. The van der Waals surface area contributed by atoms with Crippen LogP contribution in [0.5, 0.6) is 0 Å². The lowest BCUT2D eigenvalue weighted by molar-refractivity contribution is 0.298. The highest BCUT2D eigenvalue weighted by Crippen LogP contribution is 2.33. The van der Waals surface area contributed by atoms with Gasteiger partial charge in [0.2, 0.25) is 0 Å². The molecule has 3 fully saturated rings. The van der Waals surface area contributed by atoms with Gasteiger partial charge in [-0.05, 0) is 51.1 Å². The predicted molar refractivity (Wildman–Crippen MR) is 63.0 cm³/mol. The van der Waals surface area contributed by atoms with E-state index in [9.17, 15) is 0 Å². The highest BCUT2D eigenvalue weighted by atomic mass is 15.2. The Kier molecular flexibility index (Phi) is 2.98. The van der Waals surface area contributed by atoms with Crippen LogP contribution in [0.2, 0.25) is 0 Å². The van der Waals surface area contributed by atoms with E-state index in [4.69, 9.17) is 0 Å². The number of likely N-dealkylation sites (tertiary alicyclic amines) is 1. The van der Waals surface area contributed by atoms with E-state index in [1.54, 1.807) is 0 Å². The highest BCUT2D eigenvalue weighted by Gasteiger charge is 2.35. The summed E-state index contributed by atoms with van der Waals surface area (Å²) >= 11 is 0. The van der Waals surface area contributed by atoms with Crippen LogP contribution in [0.25, 0.3) is 0 Å². The van der Waals surface area contributed by atoms with E-state index in [-0.39, 0.29) is 0 Å². The van der Waals surface area contributed by atoms with Gasteiger partial charge < -0.3 is 10.2 Å². The van der Waals surface area contributed by atoms with Crippen molar-refractivity contribution in [2.45, 2.75) is 57.0 Å². The molecule has 0 amide bonds. The van der Waals surface area contributed by atoms with E-state index in [1.165, 1.54) is 64.6 Å². The van der Waals surface area contributed by atoms with E-state index >= 15 is 0 Å². The minimum Gasteiger partial charge on any atom is -0.310 e. The van der Waals surface area contributed by atoms with Crippen LogP contribution in [0.4, 0.5) is 0 Å². The highest BCUT2D eigenvalue weighted by molar-refractivity contribution is 4.94. The number of fused-ring (bicyclic) bond motifs is 1. The molecule has 1 N–H and O–H groups in total. The largest absolute Gasteiger partial charge is 0.310 e. The van der Waals surface area contributed by atoms with Crippen LogP contribution < -0.4 is 5.32 Å². The van der Waals surface area contributed by atoms with Crippen molar-refractivity contribution >= 4 is 0 Å². The van der Waals surface area contributed by atoms with Gasteiger partial charge in [-0.3, -0.25) is 0 Å². The van der Waals surface area contributed by atoms with Gasteiger partial charge in [0.05, 0.1) is 0 Å². The van der Waals surface area contributed by atoms with Crippen LogP contribution in [-0.2, 0) is 0 Å². The zero-order valence-electron chi connectivity index (χ0n) is 9.75. The van der Waals surface area contributed by atoms with Gasteiger partial charge in [-0.25, -0.2) is 0 Å². The molecule has 2 heterocycles.